The number of imidazole rings is 1. The van der Waals surface area contributed by atoms with E-state index in [4.69, 9.17) is 0 Å². The van der Waals surface area contributed by atoms with Crippen molar-refractivity contribution < 1.29 is 14.4 Å². The Labute approximate surface area is 205 Å². The molecule has 3 aromatic rings. The largest absolute Gasteiger partial charge is 0.350 e. The number of aryl methyl sites for hydroxylation is 1. The van der Waals surface area contributed by atoms with Gasteiger partial charge in [0.2, 0.25) is 5.91 Å². The molecule has 4 rings (SSSR count). The van der Waals surface area contributed by atoms with Gasteiger partial charge in [0, 0.05) is 18.8 Å². The molecule has 182 valence electrons. The lowest BCUT2D eigenvalue weighted by Crippen LogP contribution is -2.64. The fraction of sp³-hybridized carbons (Fsp3) is 0.333. The van der Waals surface area contributed by atoms with Gasteiger partial charge in [0.15, 0.2) is 5.69 Å². The molecule has 1 aliphatic heterocycles. The highest BCUT2D eigenvalue weighted by atomic mass is 16.2. The van der Waals surface area contributed by atoms with Crippen LogP contribution in [0.2, 0.25) is 0 Å². The van der Waals surface area contributed by atoms with Gasteiger partial charge >= 0.3 is 0 Å². The summed E-state index contributed by atoms with van der Waals surface area (Å²) in [5, 5.41) is 5.80. The molecule has 2 N–H and O–H groups in total. The predicted molar refractivity (Wildman–Crippen MR) is 134 cm³/mol. The maximum atomic E-state index is 13.6. The summed E-state index contributed by atoms with van der Waals surface area (Å²) >= 11 is 0. The number of hydrogen-bond acceptors (Lipinski definition) is 4. The number of carbonyl (C=O) groups is 3. The van der Waals surface area contributed by atoms with Crippen LogP contribution in [0.1, 0.15) is 59.3 Å². The van der Waals surface area contributed by atoms with Crippen LogP contribution in [0.5, 0.6) is 0 Å². The van der Waals surface area contributed by atoms with Crippen molar-refractivity contribution in [2.24, 2.45) is 0 Å². The molecular weight excluding hydrogens is 442 g/mol. The van der Waals surface area contributed by atoms with Crippen molar-refractivity contribution in [3.63, 3.8) is 0 Å². The van der Waals surface area contributed by atoms with Crippen LogP contribution < -0.4 is 10.6 Å². The standard InChI is InChI=1S/C27H31N5O3/c1-4-15-32-25(34)23-22(24(33)30-21-13-11-19(5-2)12-14-21)29-18-31(23)17-27(32,3)26(35)28-16-20-9-7-6-8-10-20/h6-14,18H,4-5,15-17H2,1-3H3,(H,28,35)(H,30,33)/t27-/m0/s1. The molecule has 2 heterocycles. The predicted octanol–water partition coefficient (Wildman–Crippen LogP) is 3.64. The maximum absolute atomic E-state index is 13.6. The van der Waals surface area contributed by atoms with Gasteiger partial charge in [0.05, 0.1) is 12.9 Å². The summed E-state index contributed by atoms with van der Waals surface area (Å²) in [5.41, 5.74) is 1.92. The smallest absolute Gasteiger partial charge is 0.276 e. The van der Waals surface area contributed by atoms with Gasteiger partial charge in [-0.2, -0.15) is 0 Å². The van der Waals surface area contributed by atoms with Crippen LogP contribution in [0.15, 0.2) is 60.9 Å². The van der Waals surface area contributed by atoms with E-state index < -0.39 is 11.4 Å². The summed E-state index contributed by atoms with van der Waals surface area (Å²) in [4.78, 5) is 45.8. The first-order valence-corrected chi connectivity index (χ1v) is 12.0. The van der Waals surface area contributed by atoms with E-state index in [9.17, 15) is 14.4 Å². The minimum Gasteiger partial charge on any atom is -0.350 e. The summed E-state index contributed by atoms with van der Waals surface area (Å²) in [6.07, 6.45) is 3.04. The molecule has 3 amide bonds. The number of anilines is 1. The van der Waals surface area contributed by atoms with E-state index in [2.05, 4.69) is 22.5 Å². The van der Waals surface area contributed by atoms with Gasteiger partial charge in [-0.15, -0.1) is 0 Å². The van der Waals surface area contributed by atoms with Crippen molar-refractivity contribution in [2.75, 3.05) is 11.9 Å². The third kappa shape index (κ3) is 4.82. The molecule has 0 radical (unpaired) electrons. The monoisotopic (exact) mass is 473 g/mol. The zero-order valence-corrected chi connectivity index (χ0v) is 20.4. The van der Waals surface area contributed by atoms with Crippen molar-refractivity contribution in [1.29, 1.82) is 0 Å². The van der Waals surface area contributed by atoms with Crippen molar-refractivity contribution >= 4 is 23.4 Å². The SMILES string of the molecule is CCCN1C(=O)c2c(C(=O)Nc3ccc(CC)cc3)ncn2C[C@@]1(C)C(=O)NCc1ccccc1. The summed E-state index contributed by atoms with van der Waals surface area (Å²) in [6.45, 7) is 6.74. The van der Waals surface area contributed by atoms with Crippen molar-refractivity contribution in [3.8, 4) is 0 Å². The quantitative estimate of drug-likeness (QED) is 0.522. The molecule has 0 unspecified atom stereocenters. The highest BCUT2D eigenvalue weighted by molar-refractivity contribution is 6.11. The second kappa shape index (κ2) is 10.1. The summed E-state index contributed by atoms with van der Waals surface area (Å²) < 4.78 is 1.62. The number of carbonyl (C=O) groups excluding carboxylic acids is 3. The zero-order chi connectivity index (χ0) is 25.0. The zero-order valence-electron chi connectivity index (χ0n) is 20.4. The molecular formula is C27H31N5O3. The molecule has 35 heavy (non-hydrogen) atoms. The number of rotatable bonds is 8. The molecule has 1 aromatic heterocycles. The second-order valence-corrected chi connectivity index (χ2v) is 8.97. The Hall–Kier alpha value is -3.94. The number of nitrogens with zero attached hydrogens (tertiary/aromatic N) is 3. The van der Waals surface area contributed by atoms with E-state index in [1.807, 2.05) is 61.5 Å². The van der Waals surface area contributed by atoms with Gasteiger partial charge < -0.3 is 20.1 Å². The molecule has 0 spiro atoms. The fourth-order valence-corrected chi connectivity index (χ4v) is 4.41. The molecule has 1 aliphatic rings. The number of amides is 3. The van der Waals surface area contributed by atoms with E-state index in [0.717, 1.165) is 17.5 Å². The first-order valence-electron chi connectivity index (χ1n) is 12.0. The van der Waals surface area contributed by atoms with Crippen molar-refractivity contribution in [2.45, 2.75) is 52.2 Å². The lowest BCUT2D eigenvalue weighted by molar-refractivity contribution is -0.133. The second-order valence-electron chi connectivity index (χ2n) is 8.97. The maximum Gasteiger partial charge on any atom is 0.276 e. The van der Waals surface area contributed by atoms with Gasteiger partial charge in [0.25, 0.3) is 11.8 Å². The van der Waals surface area contributed by atoms with E-state index in [-0.39, 0.29) is 29.7 Å². The fourth-order valence-electron chi connectivity index (χ4n) is 4.41. The topological polar surface area (TPSA) is 96.3 Å². The van der Waals surface area contributed by atoms with Gasteiger partial charge in [-0.3, -0.25) is 14.4 Å². The number of fused-ring (bicyclic) bond motifs is 1. The first kappa shape index (κ1) is 24.2. The van der Waals surface area contributed by atoms with E-state index in [0.29, 0.717) is 25.2 Å². The van der Waals surface area contributed by atoms with Crippen LogP contribution >= 0.6 is 0 Å². The summed E-state index contributed by atoms with van der Waals surface area (Å²) in [7, 11) is 0. The number of nitrogens with one attached hydrogen (secondary N) is 2. The lowest BCUT2D eigenvalue weighted by Gasteiger charge is -2.43. The van der Waals surface area contributed by atoms with Crippen molar-refractivity contribution in [1.82, 2.24) is 19.8 Å². The average molecular weight is 474 g/mol. The highest BCUT2D eigenvalue weighted by Gasteiger charge is 2.48. The van der Waals surface area contributed by atoms with Crippen molar-refractivity contribution in [3.05, 3.63) is 83.4 Å². The van der Waals surface area contributed by atoms with Crippen LogP contribution in [0.3, 0.4) is 0 Å². The third-order valence-corrected chi connectivity index (χ3v) is 6.43. The van der Waals surface area contributed by atoms with Gasteiger partial charge in [0.1, 0.15) is 11.2 Å². The minimum atomic E-state index is -1.11. The summed E-state index contributed by atoms with van der Waals surface area (Å²) in [6, 6.07) is 17.2. The number of aromatic nitrogens is 2. The van der Waals surface area contributed by atoms with Gasteiger partial charge in [-0.1, -0.05) is 56.3 Å². The molecule has 0 saturated heterocycles. The molecule has 2 aromatic carbocycles. The Kier molecular flexibility index (Phi) is 7.00. The molecule has 1 atom stereocenters. The molecule has 8 heteroatoms. The van der Waals surface area contributed by atoms with Gasteiger partial charge in [-0.25, -0.2) is 4.98 Å². The third-order valence-electron chi connectivity index (χ3n) is 6.43. The Bertz CT molecular complexity index is 1220. The minimum absolute atomic E-state index is 0.0578. The van der Waals surface area contributed by atoms with Crippen LogP contribution in [0, 0.1) is 0 Å². The number of hydrogen-bond donors (Lipinski definition) is 2. The molecule has 8 nitrogen and oxygen atoms in total. The molecule has 0 saturated carbocycles. The van der Waals surface area contributed by atoms with E-state index >= 15 is 0 Å². The van der Waals surface area contributed by atoms with E-state index in [1.54, 1.807) is 16.4 Å². The Morgan fingerprint density at radius 1 is 1.03 bits per heavy atom. The van der Waals surface area contributed by atoms with Crippen LogP contribution in [-0.2, 0) is 24.3 Å². The van der Waals surface area contributed by atoms with Crippen LogP contribution in [-0.4, -0.2) is 44.3 Å². The van der Waals surface area contributed by atoms with Crippen LogP contribution in [0.4, 0.5) is 5.69 Å². The Balaban J connectivity index is 1.57. The molecule has 0 bridgehead atoms. The highest BCUT2D eigenvalue weighted by Crippen LogP contribution is 2.29. The lowest BCUT2D eigenvalue weighted by atomic mass is 9.94. The van der Waals surface area contributed by atoms with Crippen LogP contribution in [0.25, 0.3) is 0 Å². The normalized spacial score (nSPS) is 17.1. The first-order chi connectivity index (χ1) is 16.9. The van der Waals surface area contributed by atoms with E-state index in [1.165, 1.54) is 6.33 Å². The van der Waals surface area contributed by atoms with Gasteiger partial charge in [-0.05, 0) is 43.0 Å². The molecule has 0 fully saturated rings. The number of benzene rings is 2. The Morgan fingerprint density at radius 2 is 1.74 bits per heavy atom. The average Bonchev–Trinajstić information content (AvgIpc) is 3.30. The summed E-state index contributed by atoms with van der Waals surface area (Å²) in [5.74, 6) is -1.08. The Morgan fingerprint density at radius 3 is 2.40 bits per heavy atom. The molecule has 0 aliphatic carbocycles.